The molecule has 2 aliphatic rings. The van der Waals surface area contributed by atoms with Crippen molar-refractivity contribution in [1.29, 1.82) is 0 Å². The van der Waals surface area contributed by atoms with Gasteiger partial charge in [0.05, 0.1) is 12.2 Å². The van der Waals surface area contributed by atoms with Gasteiger partial charge in [-0.15, -0.1) is 0 Å². The highest BCUT2D eigenvalue weighted by Gasteiger charge is 2.29. The second-order valence-electron chi connectivity index (χ2n) is 6.26. The molecule has 0 saturated heterocycles. The van der Waals surface area contributed by atoms with Crippen LogP contribution >= 0.6 is 0 Å². The molecule has 0 bridgehead atoms. The fourth-order valence-electron chi connectivity index (χ4n) is 2.35. The van der Waals surface area contributed by atoms with Crippen molar-refractivity contribution in [2.45, 2.75) is 65.6 Å². The Balaban J connectivity index is 0.000000160. The molecule has 0 aliphatic heterocycles. The molecule has 0 spiro atoms. The number of aliphatic hydroxyl groups is 2. The third kappa shape index (κ3) is 4.06. The normalized spacial score (nSPS) is 37.5. The van der Waals surface area contributed by atoms with Crippen LogP contribution in [0, 0.1) is 23.7 Å². The predicted molar refractivity (Wildman–Crippen MR) is 67.1 cm³/mol. The van der Waals surface area contributed by atoms with Gasteiger partial charge in [0.25, 0.3) is 0 Å². The molecule has 0 heterocycles. The molecule has 16 heavy (non-hydrogen) atoms. The van der Waals surface area contributed by atoms with Gasteiger partial charge < -0.3 is 10.2 Å². The van der Waals surface area contributed by atoms with Crippen LogP contribution in [0.1, 0.15) is 53.4 Å². The summed E-state index contributed by atoms with van der Waals surface area (Å²) in [6, 6.07) is 0. The van der Waals surface area contributed by atoms with Crippen LogP contribution < -0.4 is 0 Å². The summed E-state index contributed by atoms with van der Waals surface area (Å²) in [5, 5.41) is 17.7. The highest BCUT2D eigenvalue weighted by atomic mass is 16.3. The summed E-state index contributed by atoms with van der Waals surface area (Å²) in [5.41, 5.74) is 0. The van der Waals surface area contributed by atoms with Crippen molar-refractivity contribution in [1.82, 2.24) is 0 Å². The predicted octanol–water partition coefficient (Wildman–Crippen LogP) is 2.83. The van der Waals surface area contributed by atoms with Crippen molar-refractivity contribution in [2.75, 3.05) is 0 Å². The van der Waals surface area contributed by atoms with E-state index in [1.165, 1.54) is 0 Å². The summed E-state index contributed by atoms with van der Waals surface area (Å²) < 4.78 is 0. The Hall–Kier alpha value is -0.0800. The van der Waals surface area contributed by atoms with Crippen molar-refractivity contribution in [3.8, 4) is 0 Å². The number of aliphatic hydroxyl groups excluding tert-OH is 2. The first kappa shape index (κ1) is 14.0. The summed E-state index contributed by atoms with van der Waals surface area (Å²) in [6.07, 6.45) is 4.22. The van der Waals surface area contributed by atoms with Crippen molar-refractivity contribution >= 4 is 0 Å². The number of hydrogen-bond donors (Lipinski definition) is 2. The molecule has 0 amide bonds. The Kier molecular flexibility index (Phi) is 5.26. The van der Waals surface area contributed by atoms with Crippen LogP contribution in [0.25, 0.3) is 0 Å². The zero-order chi connectivity index (χ0) is 12.3. The Labute approximate surface area is 100 Å². The monoisotopic (exact) mass is 228 g/mol. The maximum absolute atomic E-state index is 8.87. The van der Waals surface area contributed by atoms with Gasteiger partial charge in [0.1, 0.15) is 0 Å². The molecule has 96 valence electrons. The summed E-state index contributed by atoms with van der Waals surface area (Å²) in [7, 11) is 0. The van der Waals surface area contributed by atoms with Crippen LogP contribution in [0.4, 0.5) is 0 Å². The van der Waals surface area contributed by atoms with Crippen LogP contribution in [0.15, 0.2) is 0 Å². The lowest BCUT2D eigenvalue weighted by Gasteiger charge is -2.34. The van der Waals surface area contributed by atoms with Crippen molar-refractivity contribution in [3.05, 3.63) is 0 Å². The minimum atomic E-state index is 0.0300. The molecule has 2 heteroatoms. The third-order valence-electron chi connectivity index (χ3n) is 4.18. The van der Waals surface area contributed by atoms with Gasteiger partial charge in [0.15, 0.2) is 0 Å². The molecule has 2 rings (SSSR count). The van der Waals surface area contributed by atoms with E-state index in [0.29, 0.717) is 0 Å². The van der Waals surface area contributed by atoms with Gasteiger partial charge in [-0.25, -0.2) is 0 Å². The van der Waals surface area contributed by atoms with Gasteiger partial charge in [0, 0.05) is 0 Å². The van der Waals surface area contributed by atoms with E-state index < -0.39 is 0 Å². The van der Waals surface area contributed by atoms with E-state index in [1.807, 2.05) is 0 Å². The smallest absolute Gasteiger partial charge is 0.0545 e. The molecule has 0 atom stereocenters. The molecule has 0 unspecified atom stereocenters. The van der Waals surface area contributed by atoms with Gasteiger partial charge in [0.2, 0.25) is 0 Å². The van der Waals surface area contributed by atoms with Gasteiger partial charge in [-0.3, -0.25) is 0 Å². The van der Waals surface area contributed by atoms with Crippen LogP contribution in [0.3, 0.4) is 0 Å². The van der Waals surface area contributed by atoms with E-state index in [-0.39, 0.29) is 12.2 Å². The van der Waals surface area contributed by atoms with Gasteiger partial charge in [-0.2, -0.15) is 0 Å². The van der Waals surface area contributed by atoms with Gasteiger partial charge >= 0.3 is 0 Å². The first-order chi connectivity index (χ1) is 7.40. The Morgan fingerprint density at radius 1 is 0.688 bits per heavy atom. The summed E-state index contributed by atoms with van der Waals surface area (Å²) in [4.78, 5) is 0. The van der Waals surface area contributed by atoms with Gasteiger partial charge in [-0.05, 0) is 49.4 Å². The fourth-order valence-corrected chi connectivity index (χ4v) is 2.35. The molecular formula is C14H28O2. The molecule has 0 aromatic rings. The summed E-state index contributed by atoms with van der Waals surface area (Å²) in [5.74, 6) is 3.17. The fraction of sp³-hybridized carbons (Fsp3) is 1.00. The third-order valence-corrected chi connectivity index (χ3v) is 4.18. The van der Waals surface area contributed by atoms with Gasteiger partial charge in [-0.1, -0.05) is 27.7 Å². The largest absolute Gasteiger partial charge is 0.393 e. The molecular weight excluding hydrogens is 200 g/mol. The van der Waals surface area contributed by atoms with Crippen molar-refractivity contribution in [3.63, 3.8) is 0 Å². The van der Waals surface area contributed by atoms with Crippen molar-refractivity contribution in [2.24, 2.45) is 23.7 Å². The van der Waals surface area contributed by atoms with Crippen LogP contribution in [0.2, 0.25) is 0 Å². The SMILES string of the molecule is CC(C)C1CC(O)C1.CC(C)C1CC(O)C1. The van der Waals surface area contributed by atoms with Crippen LogP contribution in [0.5, 0.6) is 0 Å². The molecule has 2 aliphatic carbocycles. The maximum atomic E-state index is 8.87. The topological polar surface area (TPSA) is 40.5 Å². The highest BCUT2D eigenvalue weighted by Crippen LogP contribution is 2.33. The molecule has 2 saturated carbocycles. The quantitative estimate of drug-likeness (QED) is 0.763. The van der Waals surface area contributed by atoms with E-state index in [0.717, 1.165) is 49.4 Å². The van der Waals surface area contributed by atoms with E-state index in [1.54, 1.807) is 0 Å². The lowest BCUT2D eigenvalue weighted by Crippen LogP contribution is -2.31. The van der Waals surface area contributed by atoms with Crippen molar-refractivity contribution < 1.29 is 10.2 Å². The Bertz CT molecular complexity index is 167. The second-order valence-corrected chi connectivity index (χ2v) is 6.26. The number of rotatable bonds is 2. The zero-order valence-electron chi connectivity index (χ0n) is 11.2. The molecule has 2 nitrogen and oxygen atoms in total. The second kappa shape index (κ2) is 6.02. The Morgan fingerprint density at radius 3 is 1.00 bits per heavy atom. The zero-order valence-corrected chi connectivity index (χ0v) is 11.2. The summed E-state index contributed by atoms with van der Waals surface area (Å²) in [6.45, 7) is 8.88. The molecule has 0 aromatic heterocycles. The molecule has 0 aromatic carbocycles. The molecule has 0 radical (unpaired) electrons. The van der Waals surface area contributed by atoms with E-state index >= 15 is 0 Å². The first-order valence-electron chi connectivity index (χ1n) is 6.76. The maximum Gasteiger partial charge on any atom is 0.0545 e. The summed E-state index contributed by atoms with van der Waals surface area (Å²) >= 11 is 0. The molecule has 2 N–H and O–H groups in total. The van der Waals surface area contributed by atoms with E-state index in [2.05, 4.69) is 27.7 Å². The number of hydrogen-bond acceptors (Lipinski definition) is 2. The Morgan fingerprint density at radius 2 is 0.938 bits per heavy atom. The molecule has 2 fully saturated rings. The van der Waals surface area contributed by atoms with Crippen LogP contribution in [-0.4, -0.2) is 22.4 Å². The lowest BCUT2D eigenvalue weighted by atomic mass is 9.75. The van der Waals surface area contributed by atoms with E-state index in [4.69, 9.17) is 10.2 Å². The minimum absolute atomic E-state index is 0.0300. The lowest BCUT2D eigenvalue weighted by molar-refractivity contribution is 0.0216. The van der Waals surface area contributed by atoms with Crippen LogP contribution in [-0.2, 0) is 0 Å². The standard InChI is InChI=1S/2C7H14O/c2*1-5(2)6-3-7(8)4-6/h2*5-8H,3-4H2,1-2H3. The first-order valence-corrected chi connectivity index (χ1v) is 6.76. The minimum Gasteiger partial charge on any atom is -0.393 e. The average Bonchev–Trinajstić information content (AvgIpc) is 2.08. The highest BCUT2D eigenvalue weighted by molar-refractivity contribution is 4.80. The van der Waals surface area contributed by atoms with E-state index in [9.17, 15) is 0 Å². The average molecular weight is 228 g/mol.